The Kier molecular flexibility index (Phi) is 4.20. The summed E-state index contributed by atoms with van der Waals surface area (Å²) in [5, 5.41) is 0. The zero-order valence-corrected chi connectivity index (χ0v) is 10.3. The number of rotatable bonds is 2. The highest BCUT2D eigenvalue weighted by Crippen LogP contribution is 2.27. The quantitative estimate of drug-likeness (QED) is 0.425. The average Bonchev–Trinajstić information content (AvgIpc) is 2.01. The van der Waals surface area contributed by atoms with Gasteiger partial charge < -0.3 is 0 Å². The van der Waals surface area contributed by atoms with Gasteiger partial charge >= 0.3 is 0 Å². The third-order valence-corrected chi connectivity index (χ3v) is 3.09. The molecule has 2 nitrogen and oxygen atoms in total. The molecule has 2 atom stereocenters. The van der Waals surface area contributed by atoms with E-state index in [4.69, 9.17) is 9.78 Å². The standard InChI is InChI=1S/C10H19BrO2/c1-10(2,3)13-12-9-7-5-4-6-8(9)11/h8-9H,4-7H2,1-3H3. The lowest BCUT2D eigenvalue weighted by molar-refractivity contribution is -0.374. The molecule has 0 aliphatic heterocycles. The molecule has 0 aromatic heterocycles. The molecule has 78 valence electrons. The van der Waals surface area contributed by atoms with E-state index in [2.05, 4.69) is 15.9 Å². The van der Waals surface area contributed by atoms with Crippen molar-refractivity contribution < 1.29 is 9.78 Å². The molecule has 1 aliphatic carbocycles. The summed E-state index contributed by atoms with van der Waals surface area (Å²) in [6, 6.07) is 0. The molecule has 1 saturated carbocycles. The van der Waals surface area contributed by atoms with Crippen LogP contribution in [0.5, 0.6) is 0 Å². The van der Waals surface area contributed by atoms with Crippen LogP contribution in [0.4, 0.5) is 0 Å². The van der Waals surface area contributed by atoms with Crippen molar-refractivity contribution in [3.05, 3.63) is 0 Å². The Morgan fingerprint density at radius 1 is 1.15 bits per heavy atom. The Hall–Kier alpha value is 0.400. The van der Waals surface area contributed by atoms with Gasteiger partial charge in [0.05, 0.1) is 5.60 Å². The molecule has 0 N–H and O–H groups in total. The van der Waals surface area contributed by atoms with Crippen molar-refractivity contribution in [1.82, 2.24) is 0 Å². The molecule has 0 heterocycles. The topological polar surface area (TPSA) is 18.5 Å². The normalized spacial score (nSPS) is 30.5. The third-order valence-electron chi connectivity index (χ3n) is 2.04. The molecular formula is C10H19BrO2. The van der Waals surface area contributed by atoms with Gasteiger partial charge in [0.15, 0.2) is 0 Å². The van der Waals surface area contributed by atoms with Crippen LogP contribution < -0.4 is 0 Å². The van der Waals surface area contributed by atoms with Crippen LogP contribution in [0.1, 0.15) is 46.5 Å². The summed E-state index contributed by atoms with van der Waals surface area (Å²) in [6.45, 7) is 6.00. The largest absolute Gasteiger partial charge is 0.232 e. The molecule has 0 amide bonds. The molecule has 0 aromatic rings. The van der Waals surface area contributed by atoms with E-state index in [-0.39, 0.29) is 11.7 Å². The average molecular weight is 251 g/mol. The molecule has 0 saturated heterocycles. The lowest BCUT2D eigenvalue weighted by atomic mass is 9.98. The summed E-state index contributed by atoms with van der Waals surface area (Å²) < 4.78 is 0. The van der Waals surface area contributed by atoms with Crippen LogP contribution in [0.25, 0.3) is 0 Å². The van der Waals surface area contributed by atoms with Crippen LogP contribution in [0.2, 0.25) is 0 Å². The van der Waals surface area contributed by atoms with E-state index in [0.717, 1.165) is 6.42 Å². The highest BCUT2D eigenvalue weighted by molar-refractivity contribution is 9.09. The van der Waals surface area contributed by atoms with Gasteiger partial charge in [-0.2, -0.15) is 0 Å². The second kappa shape index (κ2) is 4.76. The van der Waals surface area contributed by atoms with Gasteiger partial charge in [0, 0.05) is 4.83 Å². The molecule has 1 fully saturated rings. The van der Waals surface area contributed by atoms with E-state index in [1.54, 1.807) is 0 Å². The van der Waals surface area contributed by atoms with E-state index < -0.39 is 0 Å². The minimum atomic E-state index is -0.204. The van der Waals surface area contributed by atoms with E-state index in [1.165, 1.54) is 19.3 Å². The fourth-order valence-corrected chi connectivity index (χ4v) is 2.04. The molecule has 1 aliphatic rings. The molecule has 3 heteroatoms. The van der Waals surface area contributed by atoms with Crippen LogP contribution in [0, 0.1) is 0 Å². The molecule has 0 spiro atoms. The number of hydrogen-bond acceptors (Lipinski definition) is 2. The monoisotopic (exact) mass is 250 g/mol. The van der Waals surface area contributed by atoms with Crippen molar-refractivity contribution in [1.29, 1.82) is 0 Å². The molecule has 0 radical (unpaired) electrons. The van der Waals surface area contributed by atoms with Crippen molar-refractivity contribution in [2.75, 3.05) is 0 Å². The zero-order valence-electron chi connectivity index (χ0n) is 8.68. The third kappa shape index (κ3) is 4.43. The summed E-state index contributed by atoms with van der Waals surface area (Å²) >= 11 is 3.62. The molecule has 1 rings (SSSR count). The van der Waals surface area contributed by atoms with Gasteiger partial charge in [-0.1, -0.05) is 28.8 Å². The number of alkyl halides is 1. The molecule has 0 bridgehead atoms. The SMILES string of the molecule is CC(C)(C)OOC1CCCCC1Br. The van der Waals surface area contributed by atoms with Gasteiger partial charge in [-0.15, -0.1) is 0 Å². The van der Waals surface area contributed by atoms with Gasteiger partial charge in [-0.25, -0.2) is 9.78 Å². The van der Waals surface area contributed by atoms with Crippen LogP contribution in [0.15, 0.2) is 0 Å². The minimum Gasteiger partial charge on any atom is -0.232 e. The predicted octanol–water partition coefficient (Wildman–Crippen LogP) is 3.44. The van der Waals surface area contributed by atoms with Crippen molar-refractivity contribution >= 4 is 15.9 Å². The van der Waals surface area contributed by atoms with E-state index in [9.17, 15) is 0 Å². The molecule has 2 unspecified atom stereocenters. The first-order valence-corrected chi connectivity index (χ1v) is 5.89. The Labute approximate surface area is 89.0 Å². The Bertz CT molecular complexity index is 153. The predicted molar refractivity (Wildman–Crippen MR) is 56.9 cm³/mol. The molecule has 13 heavy (non-hydrogen) atoms. The fraction of sp³-hybridized carbons (Fsp3) is 1.00. The highest BCUT2D eigenvalue weighted by atomic mass is 79.9. The molecule has 0 aromatic carbocycles. The summed E-state index contributed by atoms with van der Waals surface area (Å²) in [4.78, 5) is 11.2. The lowest BCUT2D eigenvalue weighted by Gasteiger charge is -2.29. The van der Waals surface area contributed by atoms with E-state index in [0.29, 0.717) is 4.83 Å². The second-order valence-electron chi connectivity index (χ2n) is 4.63. The van der Waals surface area contributed by atoms with Crippen LogP contribution in [-0.4, -0.2) is 16.5 Å². The van der Waals surface area contributed by atoms with Gasteiger partial charge in [0.25, 0.3) is 0 Å². The summed E-state index contributed by atoms with van der Waals surface area (Å²) in [5.41, 5.74) is -0.204. The summed E-state index contributed by atoms with van der Waals surface area (Å²) in [7, 11) is 0. The van der Waals surface area contributed by atoms with Crippen molar-refractivity contribution in [2.24, 2.45) is 0 Å². The van der Waals surface area contributed by atoms with Crippen LogP contribution >= 0.6 is 15.9 Å². The summed E-state index contributed by atoms with van der Waals surface area (Å²) in [5.74, 6) is 0. The second-order valence-corrected chi connectivity index (χ2v) is 5.81. The molecular weight excluding hydrogens is 232 g/mol. The van der Waals surface area contributed by atoms with Gasteiger partial charge in [0.1, 0.15) is 6.10 Å². The fourth-order valence-electron chi connectivity index (χ4n) is 1.37. The van der Waals surface area contributed by atoms with Gasteiger partial charge in [-0.05, 0) is 33.6 Å². The summed E-state index contributed by atoms with van der Waals surface area (Å²) in [6.07, 6.45) is 5.07. The maximum Gasteiger partial charge on any atom is 0.105 e. The Morgan fingerprint density at radius 3 is 2.31 bits per heavy atom. The minimum absolute atomic E-state index is 0.204. The van der Waals surface area contributed by atoms with E-state index in [1.807, 2.05) is 20.8 Å². The number of hydrogen-bond donors (Lipinski definition) is 0. The van der Waals surface area contributed by atoms with Gasteiger partial charge in [0.2, 0.25) is 0 Å². The highest BCUT2D eigenvalue weighted by Gasteiger charge is 2.26. The van der Waals surface area contributed by atoms with Crippen molar-refractivity contribution in [2.45, 2.75) is 63.0 Å². The lowest BCUT2D eigenvalue weighted by Crippen LogP contribution is -2.31. The van der Waals surface area contributed by atoms with Crippen LogP contribution in [0.3, 0.4) is 0 Å². The smallest absolute Gasteiger partial charge is 0.105 e. The van der Waals surface area contributed by atoms with Gasteiger partial charge in [-0.3, -0.25) is 0 Å². The Morgan fingerprint density at radius 2 is 1.77 bits per heavy atom. The number of halogens is 1. The van der Waals surface area contributed by atoms with E-state index >= 15 is 0 Å². The Balaban J connectivity index is 2.27. The van der Waals surface area contributed by atoms with Crippen molar-refractivity contribution in [3.8, 4) is 0 Å². The maximum absolute atomic E-state index is 5.41. The maximum atomic E-state index is 5.41. The van der Waals surface area contributed by atoms with Crippen LogP contribution in [-0.2, 0) is 9.78 Å². The zero-order chi connectivity index (χ0) is 9.90. The first kappa shape index (κ1) is 11.5. The first-order chi connectivity index (χ1) is 5.99. The first-order valence-electron chi connectivity index (χ1n) is 4.97. The van der Waals surface area contributed by atoms with Crippen molar-refractivity contribution in [3.63, 3.8) is 0 Å².